The fourth-order valence-corrected chi connectivity index (χ4v) is 5.38. The number of imide groups is 2. The van der Waals surface area contributed by atoms with Gasteiger partial charge in [-0.3, -0.25) is 24.6 Å². The monoisotopic (exact) mass is 949 g/mol. The molecule has 24 nitrogen and oxygen atoms in total. The van der Waals surface area contributed by atoms with Crippen LogP contribution in [0.5, 0.6) is 0 Å². The lowest BCUT2D eigenvalue weighted by atomic mass is 10.0. The zero-order chi connectivity index (χ0) is 50.3. The van der Waals surface area contributed by atoms with Gasteiger partial charge in [0.05, 0.1) is 49.9 Å². The first kappa shape index (κ1) is 53.8. The number of non-ortho nitro benzene ring substituents is 1. The summed E-state index contributed by atoms with van der Waals surface area (Å²) in [5.74, 6) is -4.02. The Hall–Kier alpha value is -8.57. The smallest absolute Gasteiger partial charge is 0.407 e. The normalized spacial score (nSPS) is 12.6. The van der Waals surface area contributed by atoms with Crippen LogP contribution in [0.25, 0.3) is 6.08 Å². The number of nitro groups is 1. The molecule has 3 rings (SSSR count). The van der Waals surface area contributed by atoms with Gasteiger partial charge in [0.1, 0.15) is 45.2 Å². The minimum atomic E-state index is -1.13. The number of rotatable bonds is 25. The lowest BCUT2D eigenvalue weighted by Crippen LogP contribution is -2.57. The van der Waals surface area contributed by atoms with Gasteiger partial charge >= 0.3 is 42.2 Å². The van der Waals surface area contributed by atoms with E-state index in [1.165, 1.54) is 39.0 Å². The highest BCUT2D eigenvalue weighted by Gasteiger charge is 2.43. The summed E-state index contributed by atoms with van der Waals surface area (Å²) in [7, 11) is 0. The third-order valence-electron chi connectivity index (χ3n) is 8.82. The number of ether oxygens (including phenoxy) is 6. The molecule has 1 saturated heterocycles. The van der Waals surface area contributed by atoms with Crippen LogP contribution < -0.4 is 25.8 Å². The number of nitrogens with zero attached hydrogens (tertiary/aromatic N) is 4. The second-order valence-electron chi connectivity index (χ2n) is 14.2. The van der Waals surface area contributed by atoms with Gasteiger partial charge in [0.25, 0.3) is 17.5 Å². The summed E-state index contributed by atoms with van der Waals surface area (Å²) in [6, 6.07) is 9.51. The predicted molar refractivity (Wildman–Crippen MR) is 240 cm³/mol. The lowest BCUT2D eigenvalue weighted by Gasteiger charge is -2.33. The number of hydrogen-bond acceptors (Lipinski definition) is 18. The summed E-state index contributed by atoms with van der Waals surface area (Å²) < 4.78 is 30.4. The number of carbonyl (C=O) groups excluding carboxylic acids is 9. The second-order valence-corrected chi connectivity index (χ2v) is 14.2. The summed E-state index contributed by atoms with van der Waals surface area (Å²) >= 11 is 0. The van der Waals surface area contributed by atoms with Crippen LogP contribution in [0.4, 0.5) is 36.2 Å². The molecule has 2 aromatic rings. The van der Waals surface area contributed by atoms with Gasteiger partial charge in [-0.2, -0.15) is 0 Å². The molecule has 24 heteroatoms. The Labute approximate surface area is 389 Å². The van der Waals surface area contributed by atoms with Crippen molar-refractivity contribution in [1.82, 2.24) is 20.9 Å². The molecule has 0 aromatic heterocycles. The van der Waals surface area contributed by atoms with Crippen LogP contribution in [0.1, 0.15) is 26.3 Å². The number of nitrogens with one attached hydrogen (secondary N) is 3. The van der Waals surface area contributed by atoms with Gasteiger partial charge in [0, 0.05) is 34.5 Å². The van der Waals surface area contributed by atoms with Crippen molar-refractivity contribution in [2.75, 3.05) is 88.7 Å². The first-order valence-corrected chi connectivity index (χ1v) is 20.5. The van der Waals surface area contributed by atoms with Crippen molar-refractivity contribution in [2.45, 2.75) is 20.8 Å². The number of barbiturate groups is 1. The van der Waals surface area contributed by atoms with E-state index in [9.17, 15) is 53.3 Å². The maximum absolute atomic E-state index is 13.9. The second kappa shape index (κ2) is 27.0. The van der Waals surface area contributed by atoms with Crippen molar-refractivity contribution in [3.63, 3.8) is 0 Å². The summed E-state index contributed by atoms with van der Waals surface area (Å²) in [5.41, 5.74) is 0.379. The molecule has 7 amide bonds. The third kappa shape index (κ3) is 17.4. The Morgan fingerprint density at radius 1 is 0.618 bits per heavy atom. The largest absolute Gasteiger partial charge is 0.460 e. The quantitative estimate of drug-likeness (QED) is 0.0245. The van der Waals surface area contributed by atoms with Crippen molar-refractivity contribution in [3.05, 3.63) is 106 Å². The van der Waals surface area contributed by atoms with Gasteiger partial charge in [0.15, 0.2) is 0 Å². The molecule has 68 heavy (non-hydrogen) atoms. The Morgan fingerprint density at radius 2 is 1.04 bits per heavy atom. The molecule has 1 aliphatic rings. The summed E-state index contributed by atoms with van der Waals surface area (Å²) in [6.07, 6.45) is -1.39. The number of hydrogen-bond donors (Lipinski definition) is 3. The minimum absolute atomic E-state index is 0.0425. The van der Waals surface area contributed by atoms with Crippen LogP contribution in [0.15, 0.2) is 90.6 Å². The van der Waals surface area contributed by atoms with Gasteiger partial charge in [-0.15, -0.1) is 0 Å². The van der Waals surface area contributed by atoms with E-state index in [0.29, 0.717) is 15.5 Å². The van der Waals surface area contributed by atoms with E-state index in [1.807, 2.05) is 0 Å². The van der Waals surface area contributed by atoms with E-state index >= 15 is 0 Å². The lowest BCUT2D eigenvalue weighted by molar-refractivity contribution is -0.384. The highest BCUT2D eigenvalue weighted by molar-refractivity contribution is 6.39. The number of esters is 3. The average Bonchev–Trinajstić information content (AvgIpc) is 3.30. The van der Waals surface area contributed by atoms with Crippen LogP contribution in [0.2, 0.25) is 0 Å². The molecule has 3 N–H and O–H groups in total. The standard InChI is InChI=1S/C44H51N7O17/c1-28(2)38(54)63-21-15-45-41(57)66-24-18-48(19-25-67-42(58)46-16-22-64-39(55)29(3)4)32-9-7-31(8-10-32)27-35-36(52)49(20-26-68-43(59)47-17-23-65-40(56)30(5)6)44(60)50(37(35)53)33-11-13-34(14-12-33)51(61)62/h7-14,27H,1,3,5,15-26H2,2,4,6H3,(H,45,57)(H,46,58)(H,47,59)/b35-27+. The Kier molecular flexibility index (Phi) is 21.4. The molecule has 0 spiro atoms. The topological polar surface area (TPSA) is 298 Å². The van der Waals surface area contributed by atoms with Gasteiger partial charge in [-0.05, 0) is 56.7 Å². The highest BCUT2D eigenvalue weighted by atomic mass is 16.6. The van der Waals surface area contributed by atoms with Crippen molar-refractivity contribution >= 4 is 77.2 Å². The third-order valence-corrected chi connectivity index (χ3v) is 8.82. The maximum atomic E-state index is 13.9. The van der Waals surface area contributed by atoms with Crippen LogP contribution in [0.3, 0.4) is 0 Å². The average molecular weight is 950 g/mol. The molecule has 0 atom stereocenters. The summed E-state index contributed by atoms with van der Waals surface area (Å²) in [4.78, 5) is 127. The van der Waals surface area contributed by atoms with Crippen LogP contribution in [-0.2, 0) is 52.4 Å². The molecule has 0 aliphatic carbocycles. The molecule has 1 fully saturated rings. The van der Waals surface area contributed by atoms with Gasteiger partial charge in [-0.1, -0.05) is 31.9 Å². The number of urea groups is 1. The van der Waals surface area contributed by atoms with Crippen molar-refractivity contribution in [3.8, 4) is 0 Å². The first-order valence-electron chi connectivity index (χ1n) is 20.5. The number of alkyl carbamates (subject to hydrolysis) is 3. The van der Waals surface area contributed by atoms with Gasteiger partial charge in [0.2, 0.25) is 0 Å². The molecule has 0 bridgehead atoms. The summed E-state index contributed by atoms with van der Waals surface area (Å²) in [6.45, 7) is 12.8. The van der Waals surface area contributed by atoms with E-state index in [4.69, 9.17) is 28.4 Å². The molecular formula is C44H51N7O17. The Balaban J connectivity index is 1.79. The van der Waals surface area contributed by atoms with Crippen molar-refractivity contribution in [2.24, 2.45) is 0 Å². The van der Waals surface area contributed by atoms with E-state index < -0.39 is 77.7 Å². The minimum Gasteiger partial charge on any atom is -0.460 e. The van der Waals surface area contributed by atoms with E-state index in [2.05, 4.69) is 35.7 Å². The number of carbonyl (C=O) groups is 9. The van der Waals surface area contributed by atoms with Crippen LogP contribution in [0, 0.1) is 10.1 Å². The number of amides is 7. The first-order chi connectivity index (χ1) is 32.3. The summed E-state index contributed by atoms with van der Waals surface area (Å²) in [5, 5.41) is 18.5. The predicted octanol–water partition coefficient (Wildman–Crippen LogP) is 3.32. The molecule has 0 unspecified atom stereocenters. The van der Waals surface area contributed by atoms with Gasteiger partial charge in [-0.25, -0.2) is 38.5 Å². The Morgan fingerprint density at radius 3 is 1.46 bits per heavy atom. The van der Waals surface area contributed by atoms with Crippen molar-refractivity contribution in [1.29, 1.82) is 0 Å². The van der Waals surface area contributed by atoms with E-state index in [1.54, 1.807) is 17.0 Å². The van der Waals surface area contributed by atoms with E-state index in [-0.39, 0.29) is 99.4 Å². The fraction of sp³-hybridized carbons (Fsp3) is 0.341. The number of anilines is 2. The van der Waals surface area contributed by atoms with E-state index in [0.717, 1.165) is 24.3 Å². The molecule has 2 aromatic carbocycles. The van der Waals surface area contributed by atoms with Crippen LogP contribution >= 0.6 is 0 Å². The maximum Gasteiger partial charge on any atom is 0.407 e. The van der Waals surface area contributed by atoms with Gasteiger partial charge < -0.3 is 49.3 Å². The molecule has 1 aliphatic heterocycles. The molecular weight excluding hydrogens is 899 g/mol. The molecule has 364 valence electrons. The van der Waals surface area contributed by atoms with Crippen LogP contribution in [-0.4, -0.2) is 143 Å². The molecule has 1 heterocycles. The number of benzene rings is 2. The Bertz CT molecular complexity index is 2240. The number of nitro benzene ring substituents is 1. The SMILES string of the molecule is C=C(C)C(=O)OCCNC(=O)OCCN1C(=O)/C(=C\c2ccc(N(CCOC(=O)NCCOC(=O)C(=C)C)CCOC(=O)NCCOC(=O)C(=C)C)cc2)C(=O)N(c2ccc([N+](=O)[O-])cc2)C1=O. The fourth-order valence-electron chi connectivity index (χ4n) is 5.38. The molecule has 0 radical (unpaired) electrons. The zero-order valence-electron chi connectivity index (χ0n) is 37.5. The zero-order valence-corrected chi connectivity index (χ0v) is 37.5. The van der Waals surface area contributed by atoms with Crippen molar-refractivity contribution < 1.29 is 76.5 Å². The molecule has 0 saturated carbocycles. The highest BCUT2D eigenvalue weighted by Crippen LogP contribution is 2.28.